The fourth-order valence-corrected chi connectivity index (χ4v) is 6.00. The Balaban J connectivity index is 0.000000214. The van der Waals surface area contributed by atoms with Crippen molar-refractivity contribution in [1.82, 2.24) is 0 Å². The molecule has 2 radical (unpaired) electrons. The van der Waals surface area contributed by atoms with E-state index in [2.05, 4.69) is 150 Å². The Morgan fingerprint density at radius 2 is 0.935 bits per heavy atom. The van der Waals surface area contributed by atoms with Gasteiger partial charge in [0.25, 0.3) is 0 Å². The monoisotopic (exact) mass is 740 g/mol. The Morgan fingerprint density at radius 3 is 1.26 bits per heavy atom. The number of halogens is 2. The third-order valence-corrected chi connectivity index (χ3v) is 7.97. The van der Waals surface area contributed by atoms with Gasteiger partial charge in [0.1, 0.15) is 0 Å². The Morgan fingerprint density at radius 1 is 0.587 bits per heavy atom. The van der Waals surface area contributed by atoms with Gasteiger partial charge in [0.15, 0.2) is 0 Å². The van der Waals surface area contributed by atoms with Crippen molar-refractivity contribution in [2.24, 2.45) is 0 Å². The summed E-state index contributed by atoms with van der Waals surface area (Å²) < 4.78 is 0. The molecule has 6 aromatic rings. The fourth-order valence-electron chi connectivity index (χ4n) is 6.00. The molecule has 0 spiro atoms. The molecule has 0 saturated heterocycles. The maximum atomic E-state index is 4.93. The van der Waals surface area contributed by atoms with Crippen molar-refractivity contribution in [2.45, 2.75) is 79.3 Å². The van der Waals surface area contributed by atoms with Gasteiger partial charge in [-0.3, -0.25) is 0 Å². The Labute approximate surface area is 299 Å². The Bertz CT molecular complexity index is 1590. The van der Waals surface area contributed by atoms with Crippen LogP contribution in [0.25, 0.3) is 43.8 Å². The fraction of sp³-hybridized carbons (Fsp3) is 0.286. The molecular weight excluding hydrogens is 695 g/mol. The summed E-state index contributed by atoms with van der Waals surface area (Å²) in [5.41, 5.74) is 11.2. The first-order valence-electron chi connectivity index (χ1n) is 16.5. The van der Waals surface area contributed by atoms with Crippen molar-refractivity contribution < 1.29 is 20.8 Å². The second kappa shape index (κ2) is 20.9. The van der Waals surface area contributed by atoms with E-state index in [9.17, 15) is 0 Å². The second-order valence-corrected chi connectivity index (χ2v) is 16.5. The molecule has 0 amide bonds. The van der Waals surface area contributed by atoms with E-state index in [1.807, 2.05) is 0 Å². The van der Waals surface area contributed by atoms with Crippen molar-refractivity contribution >= 4 is 48.1 Å². The molecule has 0 atom stereocenters. The summed E-state index contributed by atoms with van der Waals surface area (Å²) in [4.78, 5) is 0. The zero-order valence-corrected chi connectivity index (χ0v) is 33.4. The average molecular weight is 743 g/mol. The minimum absolute atomic E-state index is 0.826. The van der Waals surface area contributed by atoms with Crippen LogP contribution in [0.2, 0.25) is 13.1 Å². The Hall–Kier alpha value is -2.22. The van der Waals surface area contributed by atoms with E-state index >= 15 is 0 Å². The number of benzene rings is 4. The van der Waals surface area contributed by atoms with Crippen LogP contribution in [0, 0.1) is 13.8 Å². The molecule has 0 heterocycles. The molecular formula is C42H48Cl2SiZr. The third kappa shape index (κ3) is 10.9. The van der Waals surface area contributed by atoms with Crippen molar-refractivity contribution in [2.75, 3.05) is 0 Å². The van der Waals surface area contributed by atoms with Crippen LogP contribution in [0.5, 0.6) is 0 Å². The van der Waals surface area contributed by atoms with Crippen LogP contribution in [-0.4, -0.2) is 9.52 Å². The van der Waals surface area contributed by atoms with Crippen molar-refractivity contribution in [3.05, 3.63) is 131 Å². The number of unbranched alkanes of at least 4 members (excludes halogenated alkanes) is 2. The van der Waals surface area contributed by atoms with E-state index in [1.165, 1.54) is 105 Å². The molecule has 6 rings (SSSR count). The number of rotatable bonds is 8. The third-order valence-electron chi connectivity index (χ3n) is 7.97. The van der Waals surface area contributed by atoms with Crippen LogP contribution >= 0.6 is 17.0 Å². The molecule has 238 valence electrons. The standard InChI is InChI=1S/2C20H21.C2H6Si.2ClH.Zr/c2*1-3-4-8-17-11-12-18-13-15(2)14-19(18)20(17)16-9-6-5-7-10-16;1-3-2;;;/h2*5-7,9-14H,3-4,8H2,1-2H3;1-2H3;2*1H;/q2*-1;;;;+4/p-2. The predicted molar refractivity (Wildman–Crippen MR) is 206 cm³/mol. The van der Waals surface area contributed by atoms with E-state index in [-0.39, 0.29) is 0 Å². The van der Waals surface area contributed by atoms with Gasteiger partial charge in [0.2, 0.25) is 0 Å². The van der Waals surface area contributed by atoms with Gasteiger partial charge >= 0.3 is 37.9 Å². The summed E-state index contributed by atoms with van der Waals surface area (Å²) in [5, 5.41) is 5.54. The first-order chi connectivity index (χ1) is 22.4. The van der Waals surface area contributed by atoms with Crippen molar-refractivity contribution in [3.63, 3.8) is 0 Å². The first kappa shape index (κ1) is 38.2. The molecule has 0 aliphatic heterocycles. The van der Waals surface area contributed by atoms with Crippen LogP contribution in [0.3, 0.4) is 0 Å². The molecule has 0 nitrogen and oxygen atoms in total. The zero-order chi connectivity index (χ0) is 33.3. The van der Waals surface area contributed by atoms with E-state index in [0.29, 0.717) is 0 Å². The maximum absolute atomic E-state index is 4.93. The van der Waals surface area contributed by atoms with Gasteiger partial charge < -0.3 is 0 Å². The predicted octanol–water partition coefficient (Wildman–Crippen LogP) is 13.9. The SMILES string of the molecule is CCCCc1ccc2[cH-]c(C)cc2c1-c1ccccc1.CCCCc1ccc2[cH-]c(C)cc2c1-c1ccccc1.C[Si]C.[Cl][Zr+2][Cl]. The molecule has 0 fully saturated rings. The molecule has 0 N–H and O–H groups in total. The van der Waals surface area contributed by atoms with Crippen LogP contribution in [-0.2, 0) is 33.7 Å². The molecule has 46 heavy (non-hydrogen) atoms. The summed E-state index contributed by atoms with van der Waals surface area (Å²) in [6.45, 7) is 13.2. The van der Waals surface area contributed by atoms with Gasteiger partial charge in [-0.2, -0.15) is 12.1 Å². The summed E-state index contributed by atoms with van der Waals surface area (Å²) in [6, 6.07) is 40.0. The number of aryl methyl sites for hydroxylation is 4. The number of fused-ring (bicyclic) bond motifs is 2. The van der Waals surface area contributed by atoms with Gasteiger partial charge in [0.05, 0.1) is 0 Å². The van der Waals surface area contributed by atoms with Crippen molar-refractivity contribution in [3.8, 4) is 22.3 Å². The molecule has 0 saturated carbocycles. The van der Waals surface area contributed by atoms with E-state index in [4.69, 9.17) is 17.0 Å². The second-order valence-electron chi connectivity index (χ2n) is 11.8. The number of hydrogen-bond acceptors (Lipinski definition) is 0. The topological polar surface area (TPSA) is 0 Å². The molecule has 0 aliphatic carbocycles. The van der Waals surface area contributed by atoms with Crippen LogP contribution in [0.1, 0.15) is 61.8 Å². The van der Waals surface area contributed by atoms with Crippen LogP contribution in [0.4, 0.5) is 0 Å². The Kier molecular flexibility index (Phi) is 17.4. The van der Waals surface area contributed by atoms with Gasteiger partial charge in [-0.05, 0) is 36.8 Å². The normalized spacial score (nSPS) is 10.3. The van der Waals surface area contributed by atoms with Gasteiger partial charge in [-0.1, -0.05) is 137 Å². The summed E-state index contributed by atoms with van der Waals surface area (Å²) in [5.74, 6) is 0. The number of hydrogen-bond donors (Lipinski definition) is 0. The molecule has 0 aromatic heterocycles. The average Bonchev–Trinajstić information content (AvgIpc) is 3.64. The van der Waals surface area contributed by atoms with Gasteiger partial charge in [-0.15, -0.1) is 69.1 Å². The zero-order valence-electron chi connectivity index (χ0n) is 28.4. The summed E-state index contributed by atoms with van der Waals surface area (Å²) >= 11 is -0.826. The van der Waals surface area contributed by atoms with E-state index in [0.717, 1.165) is 9.52 Å². The quantitative estimate of drug-likeness (QED) is 0.108. The molecule has 0 unspecified atom stereocenters. The summed E-state index contributed by atoms with van der Waals surface area (Å²) in [6.07, 6.45) is 7.33. The van der Waals surface area contributed by atoms with Gasteiger partial charge in [0, 0.05) is 9.52 Å². The summed E-state index contributed by atoms with van der Waals surface area (Å²) in [7, 11) is 11.0. The molecule has 4 heteroatoms. The first-order valence-corrected chi connectivity index (χ1v) is 24.8. The van der Waals surface area contributed by atoms with Crippen molar-refractivity contribution in [1.29, 1.82) is 0 Å². The van der Waals surface area contributed by atoms with E-state index in [1.54, 1.807) is 0 Å². The van der Waals surface area contributed by atoms with Crippen LogP contribution < -0.4 is 0 Å². The van der Waals surface area contributed by atoms with Gasteiger partial charge in [-0.25, -0.2) is 0 Å². The molecule has 6 aromatic carbocycles. The van der Waals surface area contributed by atoms with E-state index < -0.39 is 20.8 Å². The molecule has 0 aliphatic rings. The molecule has 0 bridgehead atoms. The minimum atomic E-state index is -0.826. The van der Waals surface area contributed by atoms with Crippen LogP contribution in [0.15, 0.2) is 109 Å².